The predicted octanol–water partition coefficient (Wildman–Crippen LogP) is 1.44. The van der Waals surface area contributed by atoms with Crippen molar-refractivity contribution in [3.63, 3.8) is 0 Å². The second-order valence-electron chi connectivity index (χ2n) is 3.65. The minimum absolute atomic E-state index is 0.0680. The van der Waals surface area contributed by atoms with Crippen molar-refractivity contribution >= 4 is 29.3 Å². The summed E-state index contributed by atoms with van der Waals surface area (Å²) in [6, 6.07) is 2.96. The Morgan fingerprint density at radius 1 is 1.42 bits per heavy atom. The molecule has 2 amide bonds. The molecule has 0 saturated heterocycles. The van der Waals surface area contributed by atoms with Gasteiger partial charge in [0.15, 0.2) is 6.10 Å². The van der Waals surface area contributed by atoms with Gasteiger partial charge in [0.25, 0.3) is 0 Å². The molecule has 0 radical (unpaired) electrons. The fraction of sp³-hybridized carbons (Fsp3) is 0.273. The highest BCUT2D eigenvalue weighted by molar-refractivity contribution is 6.30. The first-order valence-corrected chi connectivity index (χ1v) is 5.68. The fourth-order valence-electron chi connectivity index (χ4n) is 1.21. The number of carbonyl (C=O) groups excluding carboxylic acids is 1. The van der Waals surface area contributed by atoms with Crippen LogP contribution < -0.4 is 10.6 Å². The number of benzene rings is 1. The van der Waals surface area contributed by atoms with E-state index in [1.54, 1.807) is 0 Å². The molecule has 6 nitrogen and oxygen atoms in total. The molecule has 1 unspecified atom stereocenters. The van der Waals surface area contributed by atoms with Gasteiger partial charge >= 0.3 is 12.0 Å². The average molecular weight is 291 g/mol. The van der Waals surface area contributed by atoms with E-state index in [0.717, 1.165) is 6.07 Å². The maximum atomic E-state index is 13.3. The van der Waals surface area contributed by atoms with Gasteiger partial charge in [0, 0.05) is 18.0 Å². The number of amides is 2. The number of halogens is 2. The van der Waals surface area contributed by atoms with Crippen LogP contribution in [0.15, 0.2) is 18.2 Å². The van der Waals surface area contributed by atoms with Gasteiger partial charge in [-0.25, -0.2) is 14.0 Å². The van der Waals surface area contributed by atoms with E-state index in [9.17, 15) is 14.0 Å². The standard InChI is InChI=1S/C11H12ClFN2O4/c12-6-1-2-7(13)8(5-6)15-11(19)14-4-3-9(16)10(17)18/h1-2,5,9,16H,3-4H2,(H,17,18)(H2,14,15,19). The van der Waals surface area contributed by atoms with Crippen LogP contribution in [0.4, 0.5) is 14.9 Å². The summed E-state index contributed by atoms with van der Waals surface area (Å²) in [5.74, 6) is -2.02. The molecule has 0 aliphatic rings. The van der Waals surface area contributed by atoms with Gasteiger partial charge in [0.2, 0.25) is 0 Å². The summed E-state index contributed by atoms with van der Waals surface area (Å²) >= 11 is 5.64. The second kappa shape index (κ2) is 6.91. The van der Waals surface area contributed by atoms with Crippen molar-refractivity contribution in [2.24, 2.45) is 0 Å². The Hall–Kier alpha value is -1.86. The third-order valence-corrected chi connectivity index (χ3v) is 2.40. The minimum Gasteiger partial charge on any atom is -0.479 e. The van der Waals surface area contributed by atoms with Crippen LogP contribution in [0.2, 0.25) is 5.02 Å². The zero-order valence-electron chi connectivity index (χ0n) is 9.69. The van der Waals surface area contributed by atoms with Crippen molar-refractivity contribution in [3.05, 3.63) is 29.0 Å². The third kappa shape index (κ3) is 5.11. The highest BCUT2D eigenvalue weighted by atomic mass is 35.5. The zero-order valence-corrected chi connectivity index (χ0v) is 10.4. The SMILES string of the molecule is O=C(NCCC(O)C(=O)O)Nc1cc(Cl)ccc1F. The number of rotatable bonds is 5. The number of carbonyl (C=O) groups is 2. The molecule has 1 atom stereocenters. The van der Waals surface area contributed by atoms with Crippen molar-refractivity contribution in [2.45, 2.75) is 12.5 Å². The molecule has 0 bridgehead atoms. The van der Waals surface area contributed by atoms with Gasteiger partial charge in [-0.15, -0.1) is 0 Å². The summed E-state index contributed by atoms with van der Waals surface area (Å²) in [4.78, 5) is 21.7. The van der Waals surface area contributed by atoms with Gasteiger partial charge in [-0.05, 0) is 18.2 Å². The molecule has 1 aromatic rings. The molecule has 1 aromatic carbocycles. The Labute approximate surface area is 113 Å². The Bertz CT molecular complexity index is 484. The molecular weight excluding hydrogens is 279 g/mol. The van der Waals surface area contributed by atoms with Gasteiger partial charge in [0.05, 0.1) is 5.69 Å². The van der Waals surface area contributed by atoms with Gasteiger partial charge in [-0.3, -0.25) is 0 Å². The summed E-state index contributed by atoms with van der Waals surface area (Å²) in [5, 5.41) is 22.1. The van der Waals surface area contributed by atoms with Crippen LogP contribution in [-0.4, -0.2) is 34.9 Å². The number of carboxylic acids is 1. The lowest BCUT2D eigenvalue weighted by Gasteiger charge is -2.09. The van der Waals surface area contributed by atoms with Crippen molar-refractivity contribution in [1.82, 2.24) is 5.32 Å². The molecule has 19 heavy (non-hydrogen) atoms. The predicted molar refractivity (Wildman–Crippen MR) is 66.7 cm³/mol. The van der Waals surface area contributed by atoms with E-state index in [4.69, 9.17) is 21.8 Å². The Morgan fingerprint density at radius 2 is 2.11 bits per heavy atom. The second-order valence-corrected chi connectivity index (χ2v) is 4.08. The lowest BCUT2D eigenvalue weighted by atomic mass is 10.2. The smallest absolute Gasteiger partial charge is 0.332 e. The van der Waals surface area contributed by atoms with Crippen LogP contribution in [0, 0.1) is 5.82 Å². The maximum Gasteiger partial charge on any atom is 0.332 e. The molecule has 0 fully saturated rings. The van der Waals surface area contributed by atoms with Crippen LogP contribution >= 0.6 is 11.6 Å². The van der Waals surface area contributed by atoms with Crippen LogP contribution in [-0.2, 0) is 4.79 Å². The summed E-state index contributed by atoms with van der Waals surface area (Å²) in [5.41, 5.74) is -0.0937. The lowest BCUT2D eigenvalue weighted by Crippen LogP contribution is -2.33. The highest BCUT2D eigenvalue weighted by Crippen LogP contribution is 2.19. The number of aliphatic carboxylic acids is 1. The number of aliphatic hydroxyl groups excluding tert-OH is 1. The quantitative estimate of drug-likeness (QED) is 0.659. The molecule has 0 heterocycles. The van der Waals surface area contributed by atoms with Gasteiger partial charge in [-0.1, -0.05) is 11.6 Å². The van der Waals surface area contributed by atoms with Crippen molar-refractivity contribution < 1.29 is 24.2 Å². The molecule has 0 aromatic heterocycles. The van der Waals surface area contributed by atoms with Crippen LogP contribution in [0.1, 0.15) is 6.42 Å². The van der Waals surface area contributed by atoms with Gasteiger partial charge < -0.3 is 20.8 Å². The summed E-state index contributed by atoms with van der Waals surface area (Å²) in [7, 11) is 0. The van der Waals surface area contributed by atoms with Crippen LogP contribution in [0.3, 0.4) is 0 Å². The monoisotopic (exact) mass is 290 g/mol. The third-order valence-electron chi connectivity index (χ3n) is 2.16. The van der Waals surface area contributed by atoms with Crippen molar-refractivity contribution in [1.29, 1.82) is 0 Å². The highest BCUT2D eigenvalue weighted by Gasteiger charge is 2.13. The minimum atomic E-state index is -1.55. The summed E-state index contributed by atoms with van der Waals surface area (Å²) in [6.07, 6.45) is -1.70. The lowest BCUT2D eigenvalue weighted by molar-refractivity contribution is -0.146. The van der Waals surface area contributed by atoms with E-state index < -0.39 is 23.9 Å². The van der Waals surface area contributed by atoms with Crippen molar-refractivity contribution in [2.75, 3.05) is 11.9 Å². The molecule has 0 spiro atoms. The number of hydrogen-bond donors (Lipinski definition) is 4. The molecule has 1 rings (SSSR count). The van der Waals surface area contributed by atoms with Crippen LogP contribution in [0.5, 0.6) is 0 Å². The molecule has 8 heteroatoms. The number of carboxylic acid groups (broad SMARTS) is 1. The van der Waals surface area contributed by atoms with Gasteiger partial charge in [-0.2, -0.15) is 0 Å². The molecule has 4 N–H and O–H groups in total. The number of anilines is 1. The molecular formula is C11H12ClFN2O4. The Kier molecular flexibility index (Phi) is 5.53. The normalized spacial score (nSPS) is 11.7. The number of hydrogen-bond acceptors (Lipinski definition) is 3. The van der Waals surface area contributed by atoms with Gasteiger partial charge in [0.1, 0.15) is 5.82 Å². The van der Waals surface area contributed by atoms with E-state index in [0.29, 0.717) is 0 Å². The first-order chi connectivity index (χ1) is 8.90. The van der Waals surface area contributed by atoms with E-state index in [1.165, 1.54) is 12.1 Å². The summed E-state index contributed by atoms with van der Waals surface area (Å²) < 4.78 is 13.3. The van der Waals surface area contributed by atoms with E-state index >= 15 is 0 Å². The first-order valence-electron chi connectivity index (χ1n) is 5.31. The van der Waals surface area contributed by atoms with E-state index in [1.807, 2.05) is 0 Å². The first kappa shape index (κ1) is 15.2. The Morgan fingerprint density at radius 3 is 2.74 bits per heavy atom. The number of urea groups is 1. The van der Waals surface area contributed by atoms with Crippen LogP contribution in [0.25, 0.3) is 0 Å². The van der Waals surface area contributed by atoms with E-state index in [-0.39, 0.29) is 23.7 Å². The zero-order chi connectivity index (χ0) is 14.4. The number of aliphatic hydroxyl groups is 1. The van der Waals surface area contributed by atoms with Crippen molar-refractivity contribution in [3.8, 4) is 0 Å². The summed E-state index contributed by atoms with van der Waals surface area (Å²) in [6.45, 7) is -0.0680. The molecule has 0 saturated carbocycles. The molecule has 0 aliphatic carbocycles. The number of nitrogens with one attached hydrogen (secondary N) is 2. The average Bonchev–Trinajstić information content (AvgIpc) is 2.33. The molecule has 0 aliphatic heterocycles. The maximum absolute atomic E-state index is 13.3. The largest absolute Gasteiger partial charge is 0.479 e. The topological polar surface area (TPSA) is 98.7 Å². The molecule has 104 valence electrons. The van der Waals surface area contributed by atoms with E-state index in [2.05, 4.69) is 10.6 Å². The fourth-order valence-corrected chi connectivity index (χ4v) is 1.38. The Balaban J connectivity index is 2.43.